The molecule has 26 heavy (non-hydrogen) atoms. The van der Waals surface area contributed by atoms with Gasteiger partial charge in [0.25, 0.3) is 11.1 Å². The number of hydrogen-bond acceptors (Lipinski definition) is 7. The van der Waals surface area contributed by atoms with Crippen LogP contribution in [0.1, 0.15) is 20.8 Å². The van der Waals surface area contributed by atoms with Gasteiger partial charge in [0.05, 0.1) is 18.3 Å². The molecule has 0 aliphatic rings. The van der Waals surface area contributed by atoms with Crippen molar-refractivity contribution < 1.29 is 4.79 Å². The number of anilines is 1. The first-order valence-corrected chi connectivity index (χ1v) is 8.50. The third-order valence-corrected chi connectivity index (χ3v) is 5.57. The molecule has 0 saturated heterocycles. The molecule has 3 aromatic rings. The monoisotopic (exact) mass is 375 g/mol. The van der Waals surface area contributed by atoms with E-state index in [-0.39, 0.29) is 16.9 Å². The lowest BCUT2D eigenvalue weighted by atomic mass is 10.2. The van der Waals surface area contributed by atoms with E-state index in [0.29, 0.717) is 10.2 Å². The number of nitrogens with zero attached hydrogens (tertiary/aromatic N) is 4. The molecule has 0 fully saturated rings. The van der Waals surface area contributed by atoms with Gasteiger partial charge in [0, 0.05) is 19.0 Å². The van der Waals surface area contributed by atoms with Gasteiger partial charge in [0.1, 0.15) is 16.2 Å². The van der Waals surface area contributed by atoms with Crippen molar-refractivity contribution in [1.29, 1.82) is 0 Å². The lowest BCUT2D eigenvalue weighted by Gasteiger charge is -2.11. The normalized spacial score (nSPS) is 11.2. The molecule has 0 bridgehead atoms. The Morgan fingerprint density at radius 3 is 2.46 bits per heavy atom. The van der Waals surface area contributed by atoms with Gasteiger partial charge in [-0.25, -0.2) is 9.78 Å². The summed E-state index contributed by atoms with van der Waals surface area (Å²) in [5, 5.41) is 0.462. The molecule has 136 valence electrons. The van der Waals surface area contributed by atoms with Gasteiger partial charge in [-0.2, -0.15) is 0 Å². The highest BCUT2D eigenvalue weighted by atomic mass is 32.1. The minimum atomic E-state index is -0.791. The van der Waals surface area contributed by atoms with Crippen molar-refractivity contribution in [3.8, 4) is 0 Å². The summed E-state index contributed by atoms with van der Waals surface area (Å²) in [5.74, 6) is -0.890. The standard InChI is InChI=1S/C16H17N5O4S/c1-7-8(2)26-13-10(7)15(24)21(6-18-13)5-9(22)11-12(17)19(3)16(25)20(4)14(11)23/h6H,5,17H2,1-4H3. The SMILES string of the molecule is Cc1sc2ncn(CC(=O)c3c(N)n(C)c(=O)n(C)c3=O)c(=O)c2c1C. The van der Waals surface area contributed by atoms with Crippen molar-refractivity contribution in [3.05, 3.63) is 53.5 Å². The van der Waals surface area contributed by atoms with Crippen molar-refractivity contribution in [3.63, 3.8) is 0 Å². The summed E-state index contributed by atoms with van der Waals surface area (Å²) in [6.07, 6.45) is 1.28. The van der Waals surface area contributed by atoms with Crippen LogP contribution in [0, 0.1) is 13.8 Å². The number of ketones is 1. The molecule has 3 heterocycles. The number of carbonyl (C=O) groups is 1. The van der Waals surface area contributed by atoms with Crippen LogP contribution in [-0.2, 0) is 20.6 Å². The van der Waals surface area contributed by atoms with Crippen LogP contribution in [0.4, 0.5) is 5.82 Å². The number of rotatable bonds is 3. The van der Waals surface area contributed by atoms with Gasteiger partial charge in [0.15, 0.2) is 5.78 Å². The maximum Gasteiger partial charge on any atom is 0.332 e. The number of Topliss-reactive ketones (excluding diaryl/α,β-unsaturated/α-hetero) is 1. The Hall–Kier alpha value is -3.01. The molecule has 3 aromatic heterocycles. The smallest absolute Gasteiger partial charge is 0.332 e. The average molecular weight is 375 g/mol. The molecule has 9 nitrogen and oxygen atoms in total. The van der Waals surface area contributed by atoms with Crippen molar-refractivity contribution in [1.82, 2.24) is 18.7 Å². The number of nitrogen functional groups attached to an aromatic ring is 1. The number of aryl methyl sites for hydroxylation is 2. The summed E-state index contributed by atoms with van der Waals surface area (Å²) >= 11 is 1.41. The van der Waals surface area contributed by atoms with Gasteiger partial charge < -0.3 is 5.73 Å². The first kappa shape index (κ1) is 17.8. The number of carbonyl (C=O) groups excluding carboxylic acids is 1. The van der Waals surface area contributed by atoms with Crippen LogP contribution in [0.15, 0.2) is 20.7 Å². The Labute approximate surface area is 150 Å². The highest BCUT2D eigenvalue weighted by molar-refractivity contribution is 7.18. The topological polar surface area (TPSA) is 122 Å². The molecule has 0 amide bonds. The Morgan fingerprint density at radius 1 is 1.15 bits per heavy atom. The molecular formula is C16H17N5O4S. The average Bonchev–Trinajstić information content (AvgIpc) is 2.89. The Balaban J connectivity index is 2.13. The van der Waals surface area contributed by atoms with E-state index >= 15 is 0 Å². The fourth-order valence-electron chi connectivity index (χ4n) is 2.74. The highest BCUT2D eigenvalue weighted by Crippen LogP contribution is 2.25. The van der Waals surface area contributed by atoms with Crippen LogP contribution < -0.4 is 22.5 Å². The minimum absolute atomic E-state index is 0.229. The molecule has 0 radical (unpaired) electrons. The Kier molecular flexibility index (Phi) is 4.15. The second-order valence-electron chi connectivity index (χ2n) is 6.03. The van der Waals surface area contributed by atoms with Crippen molar-refractivity contribution in [2.24, 2.45) is 14.1 Å². The van der Waals surface area contributed by atoms with Crippen molar-refractivity contribution in [2.75, 3.05) is 5.73 Å². The summed E-state index contributed by atoms with van der Waals surface area (Å²) in [5.41, 5.74) is 4.51. The second-order valence-corrected chi connectivity index (χ2v) is 7.23. The number of aromatic nitrogens is 4. The van der Waals surface area contributed by atoms with Gasteiger partial charge in [-0.1, -0.05) is 0 Å². The van der Waals surface area contributed by atoms with Gasteiger partial charge in [-0.15, -0.1) is 11.3 Å². The fourth-order valence-corrected chi connectivity index (χ4v) is 3.73. The molecule has 3 rings (SSSR count). The van der Waals surface area contributed by atoms with Crippen molar-refractivity contribution in [2.45, 2.75) is 20.4 Å². The van der Waals surface area contributed by atoms with Crippen LogP contribution in [0.25, 0.3) is 10.2 Å². The summed E-state index contributed by atoms with van der Waals surface area (Å²) in [7, 11) is 2.63. The van der Waals surface area contributed by atoms with Gasteiger partial charge >= 0.3 is 5.69 Å². The number of nitrogens with two attached hydrogens (primary N) is 1. The quantitative estimate of drug-likeness (QED) is 0.640. The van der Waals surface area contributed by atoms with E-state index < -0.39 is 23.6 Å². The second kappa shape index (κ2) is 6.06. The maximum absolute atomic E-state index is 12.7. The third kappa shape index (κ3) is 2.49. The van der Waals surface area contributed by atoms with E-state index in [1.165, 1.54) is 31.8 Å². The van der Waals surface area contributed by atoms with E-state index in [2.05, 4.69) is 4.98 Å². The van der Waals surface area contributed by atoms with Gasteiger partial charge in [0.2, 0.25) is 0 Å². The molecule has 0 spiro atoms. The zero-order valence-electron chi connectivity index (χ0n) is 14.7. The molecule has 0 aliphatic carbocycles. The fraction of sp³-hybridized carbons (Fsp3) is 0.312. The molecule has 0 saturated carbocycles. The molecule has 0 unspecified atom stereocenters. The van der Waals surface area contributed by atoms with Crippen LogP contribution >= 0.6 is 11.3 Å². The van der Waals surface area contributed by atoms with E-state index in [1.54, 1.807) is 0 Å². The van der Waals surface area contributed by atoms with Crippen LogP contribution in [0.5, 0.6) is 0 Å². The van der Waals surface area contributed by atoms with Crippen LogP contribution in [-0.4, -0.2) is 24.5 Å². The van der Waals surface area contributed by atoms with E-state index in [1.807, 2.05) is 13.8 Å². The first-order chi connectivity index (χ1) is 12.1. The molecule has 0 atom stereocenters. The molecule has 0 aromatic carbocycles. The summed E-state index contributed by atoms with van der Waals surface area (Å²) in [6, 6.07) is 0. The number of hydrogen-bond donors (Lipinski definition) is 1. The predicted octanol–water partition coefficient (Wildman–Crippen LogP) is -0.0627. The summed E-state index contributed by atoms with van der Waals surface area (Å²) in [4.78, 5) is 55.3. The van der Waals surface area contributed by atoms with Gasteiger partial charge in [-0.05, 0) is 19.4 Å². The van der Waals surface area contributed by atoms with Crippen LogP contribution in [0.2, 0.25) is 0 Å². The van der Waals surface area contributed by atoms with E-state index in [4.69, 9.17) is 5.73 Å². The zero-order chi connectivity index (χ0) is 19.3. The summed E-state index contributed by atoms with van der Waals surface area (Å²) < 4.78 is 2.97. The van der Waals surface area contributed by atoms with Crippen LogP contribution in [0.3, 0.4) is 0 Å². The van der Waals surface area contributed by atoms with E-state index in [0.717, 1.165) is 24.1 Å². The van der Waals surface area contributed by atoms with Crippen molar-refractivity contribution >= 4 is 33.2 Å². The van der Waals surface area contributed by atoms with E-state index in [9.17, 15) is 19.2 Å². The molecule has 10 heteroatoms. The molecular weight excluding hydrogens is 358 g/mol. The predicted molar refractivity (Wildman–Crippen MR) is 99.0 cm³/mol. The molecule has 2 N–H and O–H groups in total. The maximum atomic E-state index is 12.7. The minimum Gasteiger partial charge on any atom is -0.384 e. The summed E-state index contributed by atoms with van der Waals surface area (Å²) in [6.45, 7) is 3.32. The molecule has 0 aliphatic heterocycles. The van der Waals surface area contributed by atoms with Gasteiger partial charge in [-0.3, -0.25) is 28.1 Å². The third-order valence-electron chi connectivity index (χ3n) is 4.46. The lowest BCUT2D eigenvalue weighted by molar-refractivity contribution is 0.0968. The number of fused-ring (bicyclic) bond motifs is 1. The lowest BCUT2D eigenvalue weighted by Crippen LogP contribution is -2.42. The highest BCUT2D eigenvalue weighted by Gasteiger charge is 2.21. The Morgan fingerprint density at radius 2 is 1.81 bits per heavy atom. The Bertz CT molecular complexity index is 1240. The first-order valence-electron chi connectivity index (χ1n) is 7.69. The number of thiophene rings is 1. The zero-order valence-corrected chi connectivity index (χ0v) is 15.5. The largest absolute Gasteiger partial charge is 0.384 e.